The highest BCUT2D eigenvalue weighted by Gasteiger charge is 2.20. The minimum absolute atomic E-state index is 0.199. The molecule has 3 aromatic carbocycles. The van der Waals surface area contributed by atoms with Gasteiger partial charge in [-0.25, -0.2) is 8.42 Å². The fourth-order valence-electron chi connectivity index (χ4n) is 2.78. The first-order valence-corrected chi connectivity index (χ1v) is 10.9. The molecule has 0 bridgehead atoms. The topological polar surface area (TPSA) is 37.4 Å². The van der Waals surface area contributed by atoms with Crippen molar-refractivity contribution in [2.75, 3.05) is 4.31 Å². The molecule has 0 heterocycles. The van der Waals surface area contributed by atoms with Gasteiger partial charge in [0, 0.05) is 10.0 Å². The lowest BCUT2D eigenvalue weighted by Gasteiger charge is -2.23. The van der Waals surface area contributed by atoms with Gasteiger partial charge in [-0.05, 0) is 54.5 Å². The predicted molar refractivity (Wildman–Crippen MR) is 118 cm³/mol. The van der Waals surface area contributed by atoms with Gasteiger partial charge in [-0.3, -0.25) is 4.31 Å². The zero-order valence-electron chi connectivity index (χ0n) is 15.2. The average Bonchev–Trinajstić information content (AvgIpc) is 2.65. The molecule has 0 spiro atoms. The summed E-state index contributed by atoms with van der Waals surface area (Å²) >= 11 is 12.1. The van der Waals surface area contributed by atoms with Gasteiger partial charge in [-0.15, -0.1) is 0 Å². The van der Waals surface area contributed by atoms with Gasteiger partial charge < -0.3 is 0 Å². The summed E-state index contributed by atoms with van der Waals surface area (Å²) < 4.78 is 27.6. The van der Waals surface area contributed by atoms with E-state index in [1.165, 1.54) is 15.8 Å². The molecule has 0 N–H and O–H groups in total. The van der Waals surface area contributed by atoms with Gasteiger partial charge in [-0.1, -0.05) is 71.2 Å². The molecule has 6 heteroatoms. The van der Waals surface area contributed by atoms with Crippen molar-refractivity contribution >= 4 is 45.0 Å². The number of benzene rings is 3. The van der Waals surface area contributed by atoms with Crippen molar-refractivity contribution in [3.8, 4) is 0 Å². The maximum Gasteiger partial charge on any atom is 0.257 e. The standard InChI is InChI=1S/C22H19Cl2NO2S/c1-17-5-2-7-19(13-17)16-25(22-10-4-9-21(24)15-22)28(26,27)12-11-18-6-3-8-20(23)14-18/h2-15H,16H2,1H3/b12-11+. The first-order chi connectivity index (χ1) is 13.3. The van der Waals surface area contributed by atoms with E-state index in [0.717, 1.165) is 11.1 Å². The summed E-state index contributed by atoms with van der Waals surface area (Å²) in [5.41, 5.74) is 3.16. The average molecular weight is 432 g/mol. The van der Waals surface area contributed by atoms with Gasteiger partial charge in [0.25, 0.3) is 10.0 Å². The zero-order valence-corrected chi connectivity index (χ0v) is 17.5. The third-order valence-corrected chi connectivity index (χ3v) is 6.00. The van der Waals surface area contributed by atoms with E-state index in [9.17, 15) is 8.42 Å². The van der Waals surface area contributed by atoms with Crippen LogP contribution in [0.5, 0.6) is 0 Å². The highest BCUT2D eigenvalue weighted by molar-refractivity contribution is 7.95. The monoisotopic (exact) mass is 431 g/mol. The lowest BCUT2D eigenvalue weighted by atomic mass is 10.1. The Morgan fingerprint density at radius 1 is 0.893 bits per heavy atom. The number of sulfonamides is 1. The highest BCUT2D eigenvalue weighted by atomic mass is 35.5. The lowest BCUT2D eigenvalue weighted by molar-refractivity contribution is 0.599. The van der Waals surface area contributed by atoms with E-state index in [1.807, 2.05) is 31.2 Å². The van der Waals surface area contributed by atoms with E-state index in [4.69, 9.17) is 23.2 Å². The second kappa shape index (κ2) is 8.82. The molecule has 0 atom stereocenters. The highest BCUT2D eigenvalue weighted by Crippen LogP contribution is 2.26. The number of anilines is 1. The molecule has 0 unspecified atom stereocenters. The molecular weight excluding hydrogens is 413 g/mol. The fraction of sp³-hybridized carbons (Fsp3) is 0.0909. The van der Waals surface area contributed by atoms with E-state index in [2.05, 4.69) is 0 Å². The Morgan fingerprint density at radius 2 is 1.57 bits per heavy atom. The number of rotatable bonds is 6. The van der Waals surface area contributed by atoms with Crippen molar-refractivity contribution < 1.29 is 8.42 Å². The number of hydrogen-bond donors (Lipinski definition) is 0. The maximum atomic E-state index is 13.2. The molecule has 0 saturated carbocycles. The summed E-state index contributed by atoms with van der Waals surface area (Å²) in [5, 5.41) is 2.21. The predicted octanol–water partition coefficient (Wildman–Crippen LogP) is 6.31. The molecule has 0 fully saturated rings. The Hall–Kier alpha value is -2.27. The Bertz CT molecular complexity index is 1110. The van der Waals surface area contributed by atoms with Crippen LogP contribution in [-0.2, 0) is 16.6 Å². The van der Waals surface area contributed by atoms with Gasteiger partial charge in [0.2, 0.25) is 0 Å². The van der Waals surface area contributed by atoms with Crippen LogP contribution >= 0.6 is 23.2 Å². The van der Waals surface area contributed by atoms with Crippen LogP contribution in [0.15, 0.2) is 78.2 Å². The first-order valence-electron chi connectivity index (χ1n) is 8.61. The third kappa shape index (κ3) is 5.38. The quantitative estimate of drug-likeness (QED) is 0.458. The van der Waals surface area contributed by atoms with Crippen LogP contribution in [0.1, 0.15) is 16.7 Å². The Morgan fingerprint density at radius 3 is 2.25 bits per heavy atom. The molecule has 0 amide bonds. The van der Waals surface area contributed by atoms with Crippen molar-refractivity contribution in [2.45, 2.75) is 13.5 Å². The number of nitrogens with zero attached hydrogens (tertiary/aromatic N) is 1. The lowest BCUT2D eigenvalue weighted by Crippen LogP contribution is -2.28. The number of hydrogen-bond acceptors (Lipinski definition) is 2. The maximum absolute atomic E-state index is 13.2. The van der Waals surface area contributed by atoms with Gasteiger partial charge in [0.1, 0.15) is 0 Å². The van der Waals surface area contributed by atoms with Crippen molar-refractivity contribution in [3.63, 3.8) is 0 Å². The van der Waals surface area contributed by atoms with Crippen LogP contribution in [0.2, 0.25) is 10.0 Å². The van der Waals surface area contributed by atoms with Crippen molar-refractivity contribution in [2.24, 2.45) is 0 Å². The number of aryl methyl sites for hydroxylation is 1. The molecule has 0 aliphatic heterocycles. The second-order valence-corrected chi connectivity index (χ2v) is 8.99. The molecular formula is C22H19Cl2NO2S. The molecule has 0 aliphatic rings. The first kappa shape index (κ1) is 20.5. The van der Waals surface area contributed by atoms with E-state index in [1.54, 1.807) is 48.5 Å². The van der Waals surface area contributed by atoms with E-state index < -0.39 is 10.0 Å². The van der Waals surface area contributed by atoms with Crippen molar-refractivity contribution in [3.05, 3.63) is 105 Å². The molecule has 144 valence electrons. The molecule has 0 saturated heterocycles. The molecule has 3 rings (SSSR count). The third-order valence-electron chi connectivity index (χ3n) is 4.09. The molecule has 3 aromatic rings. The van der Waals surface area contributed by atoms with Crippen molar-refractivity contribution in [1.29, 1.82) is 0 Å². The summed E-state index contributed by atoms with van der Waals surface area (Å²) in [6.07, 6.45) is 1.54. The molecule has 0 aliphatic carbocycles. The smallest absolute Gasteiger partial charge is 0.257 e. The van der Waals surface area contributed by atoms with E-state index in [-0.39, 0.29) is 6.54 Å². The summed E-state index contributed by atoms with van der Waals surface area (Å²) in [6.45, 7) is 2.17. The van der Waals surface area contributed by atoms with E-state index in [0.29, 0.717) is 21.3 Å². The number of halogens is 2. The van der Waals surface area contributed by atoms with Gasteiger partial charge >= 0.3 is 0 Å². The normalized spacial score (nSPS) is 11.7. The van der Waals surface area contributed by atoms with Crippen LogP contribution in [0.25, 0.3) is 6.08 Å². The minimum atomic E-state index is -3.76. The summed E-state index contributed by atoms with van der Waals surface area (Å²) in [6, 6.07) is 21.6. The minimum Gasteiger partial charge on any atom is -0.262 e. The molecule has 0 aromatic heterocycles. The Balaban J connectivity index is 1.99. The summed E-state index contributed by atoms with van der Waals surface area (Å²) in [7, 11) is -3.76. The van der Waals surface area contributed by atoms with Crippen LogP contribution in [0, 0.1) is 6.92 Å². The summed E-state index contributed by atoms with van der Waals surface area (Å²) in [5.74, 6) is 0. The van der Waals surface area contributed by atoms with Crippen LogP contribution in [-0.4, -0.2) is 8.42 Å². The van der Waals surface area contributed by atoms with E-state index >= 15 is 0 Å². The molecule has 28 heavy (non-hydrogen) atoms. The van der Waals surface area contributed by atoms with Crippen LogP contribution < -0.4 is 4.31 Å². The van der Waals surface area contributed by atoms with Crippen LogP contribution in [0.3, 0.4) is 0 Å². The largest absolute Gasteiger partial charge is 0.262 e. The second-order valence-electron chi connectivity index (χ2n) is 6.38. The van der Waals surface area contributed by atoms with Gasteiger partial charge in [0.15, 0.2) is 0 Å². The Kier molecular flexibility index (Phi) is 6.45. The van der Waals surface area contributed by atoms with Gasteiger partial charge in [-0.2, -0.15) is 0 Å². The van der Waals surface area contributed by atoms with Crippen LogP contribution in [0.4, 0.5) is 5.69 Å². The zero-order chi connectivity index (χ0) is 20.1. The SMILES string of the molecule is Cc1cccc(CN(c2cccc(Cl)c2)S(=O)(=O)/C=C/c2cccc(Cl)c2)c1. The fourth-order valence-corrected chi connectivity index (χ4v) is 4.38. The van der Waals surface area contributed by atoms with Crippen molar-refractivity contribution in [1.82, 2.24) is 0 Å². The van der Waals surface area contributed by atoms with Gasteiger partial charge in [0.05, 0.1) is 17.6 Å². The summed E-state index contributed by atoms with van der Waals surface area (Å²) in [4.78, 5) is 0. The molecule has 3 nitrogen and oxygen atoms in total. The Labute approximate surface area is 175 Å². The molecule has 0 radical (unpaired) electrons.